The van der Waals surface area contributed by atoms with Crippen LogP contribution in [0.1, 0.15) is 57.7 Å². The van der Waals surface area contributed by atoms with Crippen molar-refractivity contribution in [3.63, 3.8) is 0 Å². The highest BCUT2D eigenvalue weighted by atomic mass is 16.5. The van der Waals surface area contributed by atoms with Gasteiger partial charge < -0.3 is 5.32 Å². The lowest BCUT2D eigenvalue weighted by Gasteiger charge is -2.39. The summed E-state index contributed by atoms with van der Waals surface area (Å²) >= 11 is 0. The maximum absolute atomic E-state index is 12.2. The van der Waals surface area contributed by atoms with Crippen LogP contribution in [0.25, 0.3) is 0 Å². The Morgan fingerprint density at radius 1 is 0.828 bits per heavy atom. The maximum atomic E-state index is 12.2. The summed E-state index contributed by atoms with van der Waals surface area (Å²) in [5, 5.41) is 11.4. The second-order valence-corrected chi connectivity index (χ2v) is 9.03. The molecule has 156 valence electrons. The van der Waals surface area contributed by atoms with Crippen LogP contribution in [-0.4, -0.2) is 17.0 Å². The van der Waals surface area contributed by atoms with Gasteiger partial charge in [-0.05, 0) is 46.1 Å². The van der Waals surface area contributed by atoms with E-state index in [4.69, 9.17) is 5.21 Å². The molecule has 0 spiro atoms. The highest BCUT2D eigenvalue weighted by Crippen LogP contribution is 2.40. The SMILES string of the molecule is CC(C)(C)C(C)(C)c1ccc(CCC(=O)Nc2ccc(CC(=O)NO)cc2)cc1. The van der Waals surface area contributed by atoms with Gasteiger partial charge in [0.15, 0.2) is 0 Å². The van der Waals surface area contributed by atoms with Crippen LogP contribution in [0.15, 0.2) is 48.5 Å². The van der Waals surface area contributed by atoms with E-state index in [9.17, 15) is 9.59 Å². The molecule has 0 unspecified atom stereocenters. The molecule has 0 saturated carbocycles. The zero-order valence-electron chi connectivity index (χ0n) is 18.0. The van der Waals surface area contributed by atoms with Gasteiger partial charge in [-0.3, -0.25) is 14.8 Å². The van der Waals surface area contributed by atoms with Gasteiger partial charge in [-0.2, -0.15) is 0 Å². The second kappa shape index (κ2) is 9.23. The van der Waals surface area contributed by atoms with Crippen molar-refractivity contribution in [3.05, 3.63) is 65.2 Å². The van der Waals surface area contributed by atoms with Crippen LogP contribution in [0.3, 0.4) is 0 Å². The number of carbonyl (C=O) groups is 2. The average molecular weight is 397 g/mol. The molecule has 2 aromatic carbocycles. The van der Waals surface area contributed by atoms with E-state index in [2.05, 4.69) is 64.2 Å². The van der Waals surface area contributed by atoms with Gasteiger partial charge in [-0.25, -0.2) is 5.48 Å². The molecule has 0 fully saturated rings. The number of nitrogens with one attached hydrogen (secondary N) is 2. The van der Waals surface area contributed by atoms with E-state index in [0.29, 0.717) is 18.5 Å². The van der Waals surface area contributed by atoms with E-state index in [1.165, 1.54) is 5.56 Å². The first-order valence-electron chi connectivity index (χ1n) is 9.94. The van der Waals surface area contributed by atoms with Crippen molar-refractivity contribution in [2.24, 2.45) is 5.41 Å². The number of anilines is 1. The number of hydrogen-bond donors (Lipinski definition) is 3. The Morgan fingerprint density at radius 2 is 1.38 bits per heavy atom. The van der Waals surface area contributed by atoms with Crippen LogP contribution in [0, 0.1) is 5.41 Å². The topological polar surface area (TPSA) is 78.4 Å². The van der Waals surface area contributed by atoms with E-state index in [-0.39, 0.29) is 23.2 Å². The van der Waals surface area contributed by atoms with Crippen molar-refractivity contribution < 1.29 is 14.8 Å². The van der Waals surface area contributed by atoms with Crippen LogP contribution >= 0.6 is 0 Å². The largest absolute Gasteiger partial charge is 0.326 e. The Kier molecular flexibility index (Phi) is 7.20. The van der Waals surface area contributed by atoms with Gasteiger partial charge in [0.05, 0.1) is 6.42 Å². The lowest BCUT2D eigenvalue weighted by Crippen LogP contribution is -2.33. The fourth-order valence-electron chi connectivity index (χ4n) is 2.93. The molecule has 0 saturated heterocycles. The molecule has 2 amide bonds. The third-order valence-corrected chi connectivity index (χ3v) is 5.92. The Bertz CT molecular complexity index is 832. The predicted molar refractivity (Wildman–Crippen MR) is 116 cm³/mol. The predicted octanol–water partition coefficient (Wildman–Crippen LogP) is 4.63. The average Bonchev–Trinajstić information content (AvgIpc) is 2.67. The molecule has 0 radical (unpaired) electrons. The zero-order valence-corrected chi connectivity index (χ0v) is 18.0. The summed E-state index contributed by atoms with van der Waals surface area (Å²) in [5.41, 5.74) is 5.70. The first-order chi connectivity index (χ1) is 13.5. The molecular weight excluding hydrogens is 364 g/mol. The van der Waals surface area contributed by atoms with Crippen LogP contribution in [0.2, 0.25) is 0 Å². The third kappa shape index (κ3) is 6.16. The van der Waals surface area contributed by atoms with Crippen molar-refractivity contribution in [1.82, 2.24) is 5.48 Å². The van der Waals surface area contributed by atoms with Gasteiger partial charge in [-0.15, -0.1) is 0 Å². The molecule has 0 aromatic heterocycles. The lowest BCUT2D eigenvalue weighted by atomic mass is 9.65. The molecule has 0 aliphatic heterocycles. The minimum Gasteiger partial charge on any atom is -0.326 e. The molecule has 2 rings (SSSR count). The monoisotopic (exact) mass is 396 g/mol. The van der Waals surface area contributed by atoms with E-state index < -0.39 is 5.91 Å². The van der Waals surface area contributed by atoms with Crippen molar-refractivity contribution >= 4 is 17.5 Å². The van der Waals surface area contributed by atoms with Crippen molar-refractivity contribution in [2.45, 2.75) is 59.3 Å². The van der Waals surface area contributed by atoms with Crippen LogP contribution in [-0.2, 0) is 27.8 Å². The summed E-state index contributed by atoms with van der Waals surface area (Å²) in [5.74, 6) is -0.524. The molecule has 3 N–H and O–H groups in total. The zero-order chi connectivity index (χ0) is 21.7. The number of amides is 2. The summed E-state index contributed by atoms with van der Waals surface area (Å²) in [6.07, 6.45) is 1.17. The van der Waals surface area contributed by atoms with Gasteiger partial charge >= 0.3 is 0 Å². The van der Waals surface area contributed by atoms with Gasteiger partial charge in [0.25, 0.3) is 0 Å². The molecule has 0 aliphatic rings. The number of rotatable bonds is 7. The van der Waals surface area contributed by atoms with Crippen molar-refractivity contribution in [1.29, 1.82) is 0 Å². The summed E-state index contributed by atoms with van der Waals surface area (Å²) in [4.78, 5) is 23.4. The molecule has 5 nitrogen and oxygen atoms in total. The van der Waals surface area contributed by atoms with Crippen molar-refractivity contribution in [3.8, 4) is 0 Å². The first-order valence-corrected chi connectivity index (χ1v) is 9.94. The van der Waals surface area contributed by atoms with E-state index >= 15 is 0 Å². The van der Waals surface area contributed by atoms with Gasteiger partial charge in [0.2, 0.25) is 11.8 Å². The third-order valence-electron chi connectivity index (χ3n) is 5.92. The number of hydrogen-bond acceptors (Lipinski definition) is 3. The number of hydroxylamine groups is 1. The fraction of sp³-hybridized carbons (Fsp3) is 0.417. The second-order valence-electron chi connectivity index (χ2n) is 9.03. The normalized spacial score (nSPS) is 11.8. The number of benzene rings is 2. The van der Waals surface area contributed by atoms with Gasteiger partial charge in [-0.1, -0.05) is 71.0 Å². The Labute approximate surface area is 173 Å². The van der Waals surface area contributed by atoms with E-state index in [1.54, 1.807) is 29.7 Å². The van der Waals surface area contributed by atoms with Crippen LogP contribution in [0.4, 0.5) is 5.69 Å². The maximum Gasteiger partial charge on any atom is 0.247 e. The molecular formula is C24H32N2O3. The highest BCUT2D eigenvalue weighted by molar-refractivity contribution is 5.90. The summed E-state index contributed by atoms with van der Waals surface area (Å²) in [6.45, 7) is 11.3. The Hall–Kier alpha value is -2.66. The smallest absolute Gasteiger partial charge is 0.247 e. The Balaban J connectivity index is 1.88. The summed E-state index contributed by atoms with van der Waals surface area (Å²) in [6, 6.07) is 15.6. The lowest BCUT2D eigenvalue weighted by molar-refractivity contribution is -0.128. The molecule has 0 heterocycles. The fourth-order valence-corrected chi connectivity index (χ4v) is 2.93. The number of aryl methyl sites for hydroxylation is 1. The minimum atomic E-state index is -0.473. The van der Waals surface area contributed by atoms with Crippen molar-refractivity contribution in [2.75, 3.05) is 5.32 Å². The van der Waals surface area contributed by atoms with Gasteiger partial charge in [0.1, 0.15) is 0 Å². The molecule has 0 aliphatic carbocycles. The molecule has 5 heteroatoms. The molecule has 0 bridgehead atoms. The minimum absolute atomic E-state index is 0.0510. The molecule has 0 atom stereocenters. The van der Waals surface area contributed by atoms with Gasteiger partial charge in [0, 0.05) is 12.1 Å². The van der Waals surface area contributed by atoms with Crippen LogP contribution < -0.4 is 10.8 Å². The summed E-state index contributed by atoms with van der Waals surface area (Å²) < 4.78 is 0. The standard InChI is InChI=1S/C24H32N2O3/c1-23(2,3)24(4,5)19-11-6-17(7-12-19)10-15-21(27)25-20-13-8-18(9-14-20)16-22(28)26-29/h6-9,11-14,29H,10,15-16H2,1-5H3,(H,25,27)(H,26,28). The highest BCUT2D eigenvalue weighted by Gasteiger charge is 2.34. The molecule has 29 heavy (non-hydrogen) atoms. The van der Waals surface area contributed by atoms with Crippen LogP contribution in [0.5, 0.6) is 0 Å². The van der Waals surface area contributed by atoms with E-state index in [0.717, 1.165) is 11.1 Å². The number of carbonyl (C=O) groups excluding carboxylic acids is 2. The first kappa shape index (κ1) is 22.6. The summed E-state index contributed by atoms with van der Waals surface area (Å²) in [7, 11) is 0. The quantitative estimate of drug-likeness (QED) is 0.472. The molecule has 2 aromatic rings. The Morgan fingerprint density at radius 3 is 1.90 bits per heavy atom. The van der Waals surface area contributed by atoms with E-state index in [1.807, 2.05) is 0 Å².